The fourth-order valence-electron chi connectivity index (χ4n) is 0.250. The Kier molecular flexibility index (Phi) is 3.14. The Labute approximate surface area is 48.9 Å². The summed E-state index contributed by atoms with van der Waals surface area (Å²) in [4.78, 5) is 0. The molecule has 0 amide bonds. The molecule has 0 aliphatic carbocycles. The van der Waals surface area contributed by atoms with E-state index in [1.807, 2.05) is 0 Å². The first-order valence-corrected chi connectivity index (χ1v) is 3.63. The third kappa shape index (κ3) is 1.87. The van der Waals surface area contributed by atoms with E-state index in [1.54, 1.807) is 0 Å². The van der Waals surface area contributed by atoms with Crippen LogP contribution in [0.4, 0.5) is 4.11 Å². The van der Waals surface area contributed by atoms with Crippen molar-refractivity contribution in [3.05, 3.63) is 0 Å². The van der Waals surface area contributed by atoms with E-state index in [0.29, 0.717) is 0 Å². The molecule has 0 fully saturated rings. The lowest BCUT2D eigenvalue weighted by atomic mass is 11.8. The highest BCUT2D eigenvalue weighted by Gasteiger charge is 2.40. The Hall–Kier alpha value is 0.0269. The summed E-state index contributed by atoms with van der Waals surface area (Å²) < 4.78 is 25.2. The van der Waals surface area contributed by atoms with E-state index in [-0.39, 0.29) is 0 Å². The van der Waals surface area contributed by atoms with Crippen LogP contribution >= 0.6 is 0 Å². The summed E-state index contributed by atoms with van der Waals surface area (Å²) in [6.07, 6.45) is 0. The summed E-state index contributed by atoms with van der Waals surface area (Å²) in [6, 6.07) is 0. The third-order valence-electron chi connectivity index (χ3n) is 0.731. The molecule has 0 aliphatic rings. The second-order valence-electron chi connectivity index (χ2n) is 1.09. The maximum absolute atomic E-state index is 12.5. The quantitative estimate of drug-likeness (QED) is 0.417. The Bertz CT molecular complexity index is 57.3. The van der Waals surface area contributed by atoms with E-state index in [0.717, 1.165) is 0 Å². The van der Waals surface area contributed by atoms with E-state index < -0.39 is 9.14 Å². The molecule has 0 aromatic carbocycles. The van der Waals surface area contributed by atoms with Gasteiger partial charge in [-0.25, -0.2) is 4.11 Å². The molecular formula is C3H9FO3Si. The topological polar surface area (TPSA) is 27.7 Å². The standard InChI is InChI=1S/C3H9FO3Si/c1-5-8(4,6-2)7-3/h1-3H3. The zero-order chi connectivity index (χ0) is 6.62. The summed E-state index contributed by atoms with van der Waals surface area (Å²) >= 11 is 0. The first kappa shape index (κ1) is 8.03. The summed E-state index contributed by atoms with van der Waals surface area (Å²) in [5.41, 5.74) is 0. The van der Waals surface area contributed by atoms with Gasteiger partial charge in [-0.3, -0.25) is 0 Å². The Morgan fingerprint density at radius 1 is 1.00 bits per heavy atom. The number of hydrogen-bond acceptors (Lipinski definition) is 3. The van der Waals surface area contributed by atoms with Crippen LogP contribution in [0.5, 0.6) is 0 Å². The van der Waals surface area contributed by atoms with Crippen LogP contribution in [0.2, 0.25) is 0 Å². The second-order valence-corrected chi connectivity index (χ2v) is 3.28. The molecule has 3 nitrogen and oxygen atoms in total. The maximum Gasteiger partial charge on any atom is 0.719 e. The molecule has 0 aromatic rings. The van der Waals surface area contributed by atoms with E-state index in [9.17, 15) is 4.11 Å². The molecule has 0 spiro atoms. The van der Waals surface area contributed by atoms with Crippen molar-refractivity contribution in [2.45, 2.75) is 0 Å². The van der Waals surface area contributed by atoms with Crippen LogP contribution < -0.4 is 0 Å². The first-order chi connectivity index (χ1) is 3.68. The van der Waals surface area contributed by atoms with Gasteiger partial charge in [0.15, 0.2) is 0 Å². The van der Waals surface area contributed by atoms with Gasteiger partial charge < -0.3 is 13.3 Å². The maximum atomic E-state index is 12.5. The molecule has 0 rings (SSSR count). The molecule has 8 heavy (non-hydrogen) atoms. The van der Waals surface area contributed by atoms with Crippen molar-refractivity contribution in [2.24, 2.45) is 0 Å². The van der Waals surface area contributed by atoms with Crippen LogP contribution in [0.3, 0.4) is 0 Å². The first-order valence-electron chi connectivity index (χ1n) is 2.03. The van der Waals surface area contributed by atoms with E-state index >= 15 is 0 Å². The van der Waals surface area contributed by atoms with Crippen molar-refractivity contribution < 1.29 is 17.4 Å². The van der Waals surface area contributed by atoms with Gasteiger partial charge in [-0.05, 0) is 0 Å². The molecule has 5 heteroatoms. The molecule has 0 saturated carbocycles. The third-order valence-corrected chi connectivity index (χ3v) is 2.19. The van der Waals surface area contributed by atoms with Crippen LogP contribution in [0, 0.1) is 0 Å². The summed E-state index contributed by atoms with van der Waals surface area (Å²) in [7, 11) is -0.0486. The van der Waals surface area contributed by atoms with Gasteiger partial charge in [0.25, 0.3) is 0 Å². The van der Waals surface area contributed by atoms with Gasteiger partial charge in [-0.15, -0.1) is 0 Å². The second kappa shape index (κ2) is 3.13. The lowest BCUT2D eigenvalue weighted by molar-refractivity contribution is 0.0763. The SMILES string of the molecule is CO[Si](F)(OC)OC. The number of halogens is 1. The molecule has 0 N–H and O–H groups in total. The van der Waals surface area contributed by atoms with E-state index in [4.69, 9.17) is 0 Å². The zero-order valence-electron chi connectivity index (χ0n) is 5.10. The Balaban J connectivity index is 3.58. The molecule has 0 saturated heterocycles. The van der Waals surface area contributed by atoms with Crippen molar-refractivity contribution in [2.75, 3.05) is 21.3 Å². The minimum atomic E-state index is -3.67. The molecule has 0 aromatic heterocycles. The van der Waals surface area contributed by atoms with E-state index in [2.05, 4.69) is 13.3 Å². The Morgan fingerprint density at radius 2 is 1.25 bits per heavy atom. The summed E-state index contributed by atoms with van der Waals surface area (Å²) in [5.74, 6) is 0. The highest BCUT2D eigenvalue weighted by Crippen LogP contribution is 2.04. The van der Waals surface area contributed by atoms with Crippen LogP contribution in [0.15, 0.2) is 0 Å². The normalized spacial score (nSPS) is 12.0. The van der Waals surface area contributed by atoms with Gasteiger partial charge in [0, 0.05) is 21.3 Å². The molecule has 0 aliphatic heterocycles. The average molecular weight is 140 g/mol. The van der Waals surface area contributed by atoms with Gasteiger partial charge in [-0.1, -0.05) is 0 Å². The van der Waals surface area contributed by atoms with Gasteiger partial charge in [0.1, 0.15) is 0 Å². The minimum absolute atomic E-state index is 1.21. The fraction of sp³-hybridized carbons (Fsp3) is 1.00. The lowest BCUT2D eigenvalue weighted by Gasteiger charge is -2.12. The zero-order valence-corrected chi connectivity index (χ0v) is 6.10. The van der Waals surface area contributed by atoms with Gasteiger partial charge in [0.05, 0.1) is 0 Å². The van der Waals surface area contributed by atoms with Crippen molar-refractivity contribution in [1.82, 2.24) is 0 Å². The van der Waals surface area contributed by atoms with Gasteiger partial charge >= 0.3 is 9.14 Å². The highest BCUT2D eigenvalue weighted by molar-refractivity contribution is 6.52. The minimum Gasteiger partial charge on any atom is -0.352 e. The van der Waals surface area contributed by atoms with E-state index in [1.165, 1.54) is 21.3 Å². The monoisotopic (exact) mass is 140 g/mol. The molecule has 0 bridgehead atoms. The highest BCUT2D eigenvalue weighted by atomic mass is 28.4. The molecule has 0 heterocycles. The van der Waals surface area contributed by atoms with Crippen molar-refractivity contribution >= 4 is 9.14 Å². The molecule has 0 radical (unpaired) electrons. The summed E-state index contributed by atoms with van der Waals surface area (Å²) in [5, 5.41) is 0. The van der Waals surface area contributed by atoms with Crippen LogP contribution in [0.1, 0.15) is 0 Å². The average Bonchev–Trinajstić information content (AvgIpc) is 1.87. The van der Waals surface area contributed by atoms with Crippen LogP contribution in [-0.4, -0.2) is 30.5 Å². The Morgan fingerprint density at radius 3 is 1.25 bits per heavy atom. The van der Waals surface area contributed by atoms with Gasteiger partial charge in [0.2, 0.25) is 0 Å². The van der Waals surface area contributed by atoms with Gasteiger partial charge in [-0.2, -0.15) is 0 Å². The number of hydrogen-bond donors (Lipinski definition) is 0. The molecular weight excluding hydrogens is 131 g/mol. The smallest absolute Gasteiger partial charge is 0.352 e. The summed E-state index contributed by atoms with van der Waals surface area (Å²) in [6.45, 7) is 0. The fourth-order valence-corrected chi connectivity index (χ4v) is 0.750. The lowest BCUT2D eigenvalue weighted by Crippen LogP contribution is -2.37. The number of rotatable bonds is 3. The van der Waals surface area contributed by atoms with Crippen LogP contribution in [0.25, 0.3) is 0 Å². The van der Waals surface area contributed by atoms with Crippen molar-refractivity contribution in [3.63, 3.8) is 0 Å². The van der Waals surface area contributed by atoms with Crippen molar-refractivity contribution in [3.8, 4) is 0 Å². The van der Waals surface area contributed by atoms with Crippen molar-refractivity contribution in [1.29, 1.82) is 0 Å². The predicted molar refractivity (Wildman–Crippen MR) is 27.9 cm³/mol. The molecule has 0 atom stereocenters. The largest absolute Gasteiger partial charge is 0.719 e. The molecule has 0 unspecified atom stereocenters. The molecule has 50 valence electrons. The predicted octanol–water partition coefficient (Wildman–Crippen LogP) is 0.331. The van der Waals surface area contributed by atoms with Crippen LogP contribution in [-0.2, 0) is 13.3 Å².